The molecule has 1 saturated carbocycles. The molecule has 2 aliphatic rings. The lowest BCUT2D eigenvalue weighted by atomic mass is 9.79. The summed E-state index contributed by atoms with van der Waals surface area (Å²) in [7, 11) is 3.90. The summed E-state index contributed by atoms with van der Waals surface area (Å²) in [4.78, 5) is 18.7. The molecule has 1 saturated heterocycles. The van der Waals surface area contributed by atoms with Crippen LogP contribution in [0.3, 0.4) is 0 Å². The number of likely N-dealkylation sites (N-methyl/N-ethyl adjacent to an activating group) is 2. The molecule has 0 aromatic rings. The maximum absolute atomic E-state index is 12.5. The number of aliphatic hydroxyl groups excluding tert-OH is 1. The summed E-state index contributed by atoms with van der Waals surface area (Å²) < 4.78 is 0. The third-order valence-corrected chi connectivity index (χ3v) is 5.73. The largest absolute Gasteiger partial charge is 0.390 e. The molecule has 3 atom stereocenters. The van der Waals surface area contributed by atoms with Gasteiger partial charge in [-0.25, -0.2) is 4.79 Å². The van der Waals surface area contributed by atoms with Crippen LogP contribution in [0.15, 0.2) is 0 Å². The van der Waals surface area contributed by atoms with Crippen molar-refractivity contribution in [3.63, 3.8) is 0 Å². The van der Waals surface area contributed by atoms with Crippen molar-refractivity contribution in [2.45, 2.75) is 45.3 Å². The predicted molar refractivity (Wildman–Crippen MR) is 97.1 cm³/mol. The number of rotatable bonds is 5. The minimum absolute atomic E-state index is 0.0574. The maximum Gasteiger partial charge on any atom is 0.317 e. The number of hydrogen-bond donors (Lipinski definition) is 2. The summed E-state index contributed by atoms with van der Waals surface area (Å²) in [6.07, 6.45) is 3.13. The van der Waals surface area contributed by atoms with E-state index in [4.69, 9.17) is 0 Å². The molecule has 0 aromatic carbocycles. The molecule has 0 unspecified atom stereocenters. The third kappa shape index (κ3) is 5.60. The molecule has 1 aliphatic heterocycles. The molecule has 2 fully saturated rings. The molecule has 0 bridgehead atoms. The van der Waals surface area contributed by atoms with Crippen molar-refractivity contribution >= 4 is 6.03 Å². The molecule has 1 aliphatic carbocycles. The van der Waals surface area contributed by atoms with Gasteiger partial charge in [0, 0.05) is 52.4 Å². The number of nitrogens with one attached hydrogen (secondary N) is 1. The number of nitrogens with zero attached hydrogens (tertiary/aromatic N) is 3. The van der Waals surface area contributed by atoms with Crippen LogP contribution in [0.25, 0.3) is 0 Å². The summed E-state index contributed by atoms with van der Waals surface area (Å²) in [5, 5.41) is 13.5. The van der Waals surface area contributed by atoms with Gasteiger partial charge in [-0.2, -0.15) is 0 Å². The number of amides is 2. The Kier molecular flexibility index (Phi) is 7.32. The Morgan fingerprint density at radius 2 is 1.79 bits per heavy atom. The number of piperazine rings is 1. The summed E-state index contributed by atoms with van der Waals surface area (Å²) in [6.45, 7) is 9.53. The molecule has 0 radical (unpaired) electrons. The smallest absolute Gasteiger partial charge is 0.317 e. The number of hydrogen-bond acceptors (Lipinski definition) is 4. The topological polar surface area (TPSA) is 59.1 Å². The van der Waals surface area contributed by atoms with Crippen LogP contribution in [0.4, 0.5) is 4.79 Å². The second-order valence-electron chi connectivity index (χ2n) is 8.00. The van der Waals surface area contributed by atoms with Crippen molar-refractivity contribution in [1.29, 1.82) is 0 Å². The minimum atomic E-state index is -0.495. The quantitative estimate of drug-likeness (QED) is 0.786. The molecule has 2 amide bonds. The second kappa shape index (κ2) is 9.02. The average molecular weight is 341 g/mol. The first-order valence-corrected chi connectivity index (χ1v) is 9.47. The standard InChI is InChI=1S/C18H36N4O2/c1-14-6-5-7-15(2)17(14)19-18(24)21(4)12-16(23)13-22-10-8-20(3)9-11-22/h14-17,23H,5-13H2,1-4H3,(H,19,24)/t14-,15-,16+/m1/s1. The van der Waals surface area contributed by atoms with Gasteiger partial charge in [0.05, 0.1) is 6.10 Å². The zero-order chi connectivity index (χ0) is 17.7. The molecule has 6 nitrogen and oxygen atoms in total. The molecular weight excluding hydrogens is 304 g/mol. The second-order valence-corrected chi connectivity index (χ2v) is 8.00. The lowest BCUT2D eigenvalue weighted by molar-refractivity contribution is 0.0646. The number of urea groups is 1. The van der Waals surface area contributed by atoms with Crippen LogP contribution in [0, 0.1) is 11.8 Å². The summed E-state index contributed by atoms with van der Waals surface area (Å²) in [5.41, 5.74) is 0. The first kappa shape index (κ1) is 19.5. The average Bonchev–Trinajstić information content (AvgIpc) is 2.53. The lowest BCUT2D eigenvalue weighted by Gasteiger charge is -2.37. The van der Waals surface area contributed by atoms with E-state index in [1.807, 2.05) is 0 Å². The van der Waals surface area contributed by atoms with Crippen LogP contribution in [0.1, 0.15) is 33.1 Å². The Bertz CT molecular complexity index is 388. The highest BCUT2D eigenvalue weighted by molar-refractivity contribution is 5.74. The van der Waals surface area contributed by atoms with E-state index < -0.39 is 6.10 Å². The van der Waals surface area contributed by atoms with E-state index in [1.54, 1.807) is 11.9 Å². The van der Waals surface area contributed by atoms with Crippen molar-refractivity contribution in [2.24, 2.45) is 11.8 Å². The monoisotopic (exact) mass is 340 g/mol. The van der Waals surface area contributed by atoms with Gasteiger partial charge in [0.15, 0.2) is 0 Å². The first-order chi connectivity index (χ1) is 11.4. The number of carbonyl (C=O) groups excluding carboxylic acids is 1. The highest BCUT2D eigenvalue weighted by Crippen LogP contribution is 2.28. The van der Waals surface area contributed by atoms with Crippen LogP contribution in [0.5, 0.6) is 0 Å². The highest BCUT2D eigenvalue weighted by atomic mass is 16.3. The van der Waals surface area contributed by atoms with E-state index in [0.717, 1.165) is 26.2 Å². The van der Waals surface area contributed by atoms with E-state index in [-0.39, 0.29) is 12.1 Å². The molecule has 1 heterocycles. The van der Waals surface area contributed by atoms with E-state index in [1.165, 1.54) is 19.3 Å². The van der Waals surface area contributed by atoms with Gasteiger partial charge in [0.2, 0.25) is 0 Å². The molecule has 2 rings (SSSR count). The molecule has 0 spiro atoms. The Morgan fingerprint density at radius 3 is 2.38 bits per heavy atom. The Balaban J connectivity index is 1.74. The van der Waals surface area contributed by atoms with Crippen LogP contribution in [0.2, 0.25) is 0 Å². The molecule has 2 N–H and O–H groups in total. The predicted octanol–water partition coefficient (Wildman–Crippen LogP) is 1.06. The molecule has 24 heavy (non-hydrogen) atoms. The number of carbonyl (C=O) groups is 1. The third-order valence-electron chi connectivity index (χ3n) is 5.73. The van der Waals surface area contributed by atoms with Crippen LogP contribution < -0.4 is 5.32 Å². The number of β-amino-alcohol motifs (C(OH)–C–C–N with tert-alkyl or cyclic N) is 1. The van der Waals surface area contributed by atoms with Gasteiger partial charge in [-0.15, -0.1) is 0 Å². The zero-order valence-corrected chi connectivity index (χ0v) is 15.9. The van der Waals surface area contributed by atoms with Crippen molar-refractivity contribution in [3.05, 3.63) is 0 Å². The van der Waals surface area contributed by atoms with E-state index >= 15 is 0 Å². The Morgan fingerprint density at radius 1 is 1.21 bits per heavy atom. The van der Waals surface area contributed by atoms with Gasteiger partial charge >= 0.3 is 6.03 Å². The van der Waals surface area contributed by atoms with Crippen LogP contribution >= 0.6 is 0 Å². The highest BCUT2D eigenvalue weighted by Gasteiger charge is 2.30. The lowest BCUT2D eigenvalue weighted by Crippen LogP contribution is -2.52. The Hall–Kier alpha value is -0.850. The number of aliphatic hydroxyl groups is 1. The molecule has 140 valence electrons. The summed E-state index contributed by atoms with van der Waals surface area (Å²) in [5.74, 6) is 1.06. The van der Waals surface area contributed by atoms with E-state index in [9.17, 15) is 9.90 Å². The van der Waals surface area contributed by atoms with Gasteiger partial charge in [0.25, 0.3) is 0 Å². The molecule has 6 heteroatoms. The van der Waals surface area contributed by atoms with Crippen molar-refractivity contribution in [3.8, 4) is 0 Å². The minimum Gasteiger partial charge on any atom is -0.390 e. The van der Waals surface area contributed by atoms with Crippen molar-refractivity contribution < 1.29 is 9.90 Å². The fraction of sp³-hybridized carbons (Fsp3) is 0.944. The van der Waals surface area contributed by atoms with Gasteiger partial charge in [-0.05, 0) is 31.7 Å². The SMILES string of the molecule is C[C@@H]1CCC[C@@H](C)C1NC(=O)N(C)C[C@H](O)CN1CCN(C)CC1. The normalized spacial score (nSPS) is 28.5. The fourth-order valence-corrected chi connectivity index (χ4v) is 4.00. The zero-order valence-electron chi connectivity index (χ0n) is 15.9. The summed E-state index contributed by atoms with van der Waals surface area (Å²) in [6, 6.07) is 0.196. The molecule has 0 aromatic heterocycles. The summed E-state index contributed by atoms with van der Waals surface area (Å²) >= 11 is 0. The van der Waals surface area contributed by atoms with Crippen LogP contribution in [-0.2, 0) is 0 Å². The van der Waals surface area contributed by atoms with Crippen molar-refractivity contribution in [2.75, 3.05) is 53.4 Å². The van der Waals surface area contributed by atoms with Gasteiger partial charge in [0.1, 0.15) is 0 Å². The van der Waals surface area contributed by atoms with Gasteiger partial charge < -0.3 is 20.2 Å². The van der Waals surface area contributed by atoms with E-state index in [2.05, 4.69) is 36.0 Å². The molecular formula is C18H36N4O2. The van der Waals surface area contributed by atoms with Crippen LogP contribution in [-0.4, -0.2) is 91.3 Å². The maximum atomic E-state index is 12.5. The first-order valence-electron chi connectivity index (χ1n) is 9.47. The van der Waals surface area contributed by atoms with Gasteiger partial charge in [-0.3, -0.25) is 4.90 Å². The fourth-order valence-electron chi connectivity index (χ4n) is 4.00. The Labute approximate surface area is 147 Å². The van der Waals surface area contributed by atoms with Crippen molar-refractivity contribution in [1.82, 2.24) is 20.0 Å². The van der Waals surface area contributed by atoms with E-state index in [0.29, 0.717) is 24.9 Å². The van der Waals surface area contributed by atoms with Gasteiger partial charge in [-0.1, -0.05) is 20.3 Å².